The minimum Gasteiger partial charge on any atom is -0.389 e. The van der Waals surface area contributed by atoms with E-state index in [0.29, 0.717) is 15.9 Å². The second-order valence-electron chi connectivity index (χ2n) is 4.49. The predicted molar refractivity (Wildman–Crippen MR) is 76.4 cm³/mol. The second-order valence-corrected chi connectivity index (χ2v) is 5.36. The maximum atomic E-state index is 5.97. The monoisotopic (exact) mass is 277 g/mol. The van der Waals surface area contributed by atoms with Crippen LogP contribution in [0, 0.1) is 0 Å². The van der Waals surface area contributed by atoms with Gasteiger partial charge in [-0.2, -0.15) is 5.10 Å². The molecule has 0 aliphatic heterocycles. The Morgan fingerprint density at radius 1 is 1.39 bits per heavy atom. The van der Waals surface area contributed by atoms with Crippen LogP contribution in [0.15, 0.2) is 30.5 Å². The molecular formula is C13H12ClN3S. The van der Waals surface area contributed by atoms with Crippen LogP contribution in [0.5, 0.6) is 0 Å². The molecule has 1 fully saturated rings. The van der Waals surface area contributed by atoms with Gasteiger partial charge in [-0.1, -0.05) is 23.8 Å². The van der Waals surface area contributed by atoms with Crippen LogP contribution in [0.4, 0.5) is 0 Å². The van der Waals surface area contributed by atoms with Crippen LogP contribution in [-0.4, -0.2) is 14.8 Å². The van der Waals surface area contributed by atoms with Crippen molar-refractivity contribution in [2.24, 2.45) is 5.73 Å². The zero-order chi connectivity index (χ0) is 12.7. The fourth-order valence-corrected chi connectivity index (χ4v) is 2.31. The highest BCUT2D eigenvalue weighted by atomic mass is 35.5. The molecule has 2 N–H and O–H groups in total. The summed E-state index contributed by atoms with van der Waals surface area (Å²) in [5.74, 6) is 0.631. The van der Waals surface area contributed by atoms with Gasteiger partial charge in [0, 0.05) is 22.7 Å². The lowest BCUT2D eigenvalue weighted by Gasteiger charge is -2.08. The third kappa shape index (κ3) is 2.13. The number of hydrogen-bond acceptors (Lipinski definition) is 2. The van der Waals surface area contributed by atoms with Crippen LogP contribution in [0.3, 0.4) is 0 Å². The summed E-state index contributed by atoms with van der Waals surface area (Å²) >= 11 is 11.0. The fraction of sp³-hybridized carbons (Fsp3) is 0.231. The Morgan fingerprint density at radius 3 is 2.83 bits per heavy atom. The highest BCUT2D eigenvalue weighted by Gasteiger charge is 2.26. The van der Waals surface area contributed by atoms with Gasteiger partial charge in [-0.05, 0) is 37.1 Å². The Bertz CT molecular complexity index is 616. The standard InChI is InChI=1S/C13H12ClN3S/c14-9-3-4-12(10(7-9)13(15)18)17-6-5-11(16-17)8-1-2-8/h3-8H,1-2H2,(H2,15,18). The summed E-state index contributed by atoms with van der Waals surface area (Å²) < 4.78 is 1.82. The van der Waals surface area contributed by atoms with Crippen molar-refractivity contribution in [1.82, 2.24) is 9.78 Å². The molecule has 0 unspecified atom stereocenters. The van der Waals surface area contributed by atoms with Crippen LogP contribution >= 0.6 is 23.8 Å². The van der Waals surface area contributed by atoms with E-state index in [1.54, 1.807) is 6.07 Å². The van der Waals surface area contributed by atoms with E-state index in [4.69, 9.17) is 29.6 Å². The largest absolute Gasteiger partial charge is 0.389 e. The van der Waals surface area contributed by atoms with Gasteiger partial charge in [0.25, 0.3) is 0 Å². The first-order chi connectivity index (χ1) is 8.65. The first-order valence-electron chi connectivity index (χ1n) is 5.80. The summed E-state index contributed by atoms with van der Waals surface area (Å²) in [4.78, 5) is 0.330. The Hall–Kier alpha value is -1.39. The van der Waals surface area contributed by atoms with Crippen molar-refractivity contribution in [2.75, 3.05) is 0 Å². The minimum atomic E-state index is 0.330. The van der Waals surface area contributed by atoms with E-state index in [1.807, 2.05) is 23.0 Å². The molecule has 1 heterocycles. The van der Waals surface area contributed by atoms with Crippen LogP contribution in [0.25, 0.3) is 5.69 Å². The third-order valence-electron chi connectivity index (χ3n) is 3.08. The van der Waals surface area contributed by atoms with Gasteiger partial charge in [-0.15, -0.1) is 0 Å². The molecule has 0 atom stereocenters. The topological polar surface area (TPSA) is 43.8 Å². The maximum Gasteiger partial charge on any atom is 0.106 e. The minimum absolute atomic E-state index is 0.330. The van der Waals surface area contributed by atoms with Crippen LogP contribution in [-0.2, 0) is 0 Å². The molecule has 18 heavy (non-hydrogen) atoms. The SMILES string of the molecule is NC(=S)c1cc(Cl)ccc1-n1ccc(C2CC2)n1. The van der Waals surface area contributed by atoms with Crippen LogP contribution in [0.2, 0.25) is 5.02 Å². The van der Waals surface area contributed by atoms with Gasteiger partial charge in [0.15, 0.2) is 0 Å². The summed E-state index contributed by atoms with van der Waals surface area (Å²) in [6.07, 6.45) is 4.41. The van der Waals surface area contributed by atoms with Crippen molar-refractivity contribution in [1.29, 1.82) is 0 Å². The van der Waals surface area contributed by atoms with Crippen molar-refractivity contribution in [3.8, 4) is 5.69 Å². The number of aromatic nitrogens is 2. The average molecular weight is 278 g/mol. The normalized spacial score (nSPS) is 14.7. The number of nitrogens with two attached hydrogens (primary N) is 1. The molecule has 1 aromatic heterocycles. The number of rotatable bonds is 3. The van der Waals surface area contributed by atoms with Gasteiger partial charge < -0.3 is 5.73 Å². The Balaban J connectivity index is 2.06. The van der Waals surface area contributed by atoms with Gasteiger partial charge >= 0.3 is 0 Å². The van der Waals surface area contributed by atoms with Crippen molar-refractivity contribution >= 4 is 28.8 Å². The van der Waals surface area contributed by atoms with Gasteiger partial charge in [-0.3, -0.25) is 0 Å². The predicted octanol–water partition coefficient (Wildman–Crippen LogP) is 3.04. The second kappa shape index (κ2) is 4.37. The van der Waals surface area contributed by atoms with Crippen molar-refractivity contribution in [2.45, 2.75) is 18.8 Å². The molecule has 1 aliphatic rings. The lowest BCUT2D eigenvalue weighted by Crippen LogP contribution is -2.13. The number of halogens is 1. The molecule has 0 spiro atoms. The molecule has 0 bridgehead atoms. The molecule has 0 saturated heterocycles. The highest BCUT2D eigenvalue weighted by Crippen LogP contribution is 2.39. The Labute approximate surface area is 116 Å². The molecule has 0 radical (unpaired) electrons. The van der Waals surface area contributed by atoms with Gasteiger partial charge in [0.1, 0.15) is 4.99 Å². The molecule has 92 valence electrons. The maximum absolute atomic E-state index is 5.97. The zero-order valence-corrected chi connectivity index (χ0v) is 11.2. The Morgan fingerprint density at radius 2 is 2.17 bits per heavy atom. The Kier molecular flexibility index (Phi) is 2.84. The highest BCUT2D eigenvalue weighted by molar-refractivity contribution is 7.80. The van der Waals surface area contributed by atoms with E-state index in [9.17, 15) is 0 Å². The molecule has 1 aromatic carbocycles. The lowest BCUT2D eigenvalue weighted by molar-refractivity contribution is 0.836. The smallest absolute Gasteiger partial charge is 0.106 e. The van der Waals surface area contributed by atoms with Gasteiger partial charge in [-0.25, -0.2) is 4.68 Å². The van der Waals surface area contributed by atoms with E-state index in [1.165, 1.54) is 12.8 Å². The first-order valence-corrected chi connectivity index (χ1v) is 6.59. The number of nitrogens with zero attached hydrogens (tertiary/aromatic N) is 2. The van der Waals surface area contributed by atoms with Crippen LogP contribution in [0.1, 0.15) is 30.0 Å². The quantitative estimate of drug-likeness (QED) is 0.877. The molecule has 0 amide bonds. The molecular weight excluding hydrogens is 266 g/mol. The van der Waals surface area contributed by atoms with E-state index in [-0.39, 0.29) is 0 Å². The van der Waals surface area contributed by atoms with Gasteiger partial charge in [0.05, 0.1) is 11.4 Å². The molecule has 1 aliphatic carbocycles. The van der Waals surface area contributed by atoms with E-state index in [2.05, 4.69) is 11.2 Å². The van der Waals surface area contributed by atoms with E-state index in [0.717, 1.165) is 16.9 Å². The summed E-state index contributed by atoms with van der Waals surface area (Å²) in [5, 5.41) is 5.20. The molecule has 3 rings (SSSR count). The summed E-state index contributed by atoms with van der Waals surface area (Å²) in [6, 6.07) is 7.53. The van der Waals surface area contributed by atoms with Crippen molar-refractivity contribution in [3.05, 3.63) is 46.7 Å². The number of thiocarbonyl (C=S) groups is 1. The lowest BCUT2D eigenvalue weighted by atomic mass is 10.2. The van der Waals surface area contributed by atoms with Gasteiger partial charge in [0.2, 0.25) is 0 Å². The molecule has 5 heteroatoms. The van der Waals surface area contributed by atoms with E-state index < -0.39 is 0 Å². The van der Waals surface area contributed by atoms with E-state index >= 15 is 0 Å². The summed E-state index contributed by atoms with van der Waals surface area (Å²) in [6.45, 7) is 0. The first kappa shape index (κ1) is 11.7. The molecule has 2 aromatic rings. The third-order valence-corrected chi connectivity index (χ3v) is 3.53. The van der Waals surface area contributed by atoms with Crippen molar-refractivity contribution in [3.63, 3.8) is 0 Å². The fourth-order valence-electron chi connectivity index (χ4n) is 1.97. The molecule has 1 saturated carbocycles. The zero-order valence-electron chi connectivity index (χ0n) is 9.64. The average Bonchev–Trinajstić information content (AvgIpc) is 3.08. The molecule has 3 nitrogen and oxygen atoms in total. The van der Waals surface area contributed by atoms with Crippen molar-refractivity contribution < 1.29 is 0 Å². The van der Waals surface area contributed by atoms with Crippen LogP contribution < -0.4 is 5.73 Å². The number of benzene rings is 1. The summed E-state index contributed by atoms with van der Waals surface area (Å²) in [7, 11) is 0. The summed E-state index contributed by atoms with van der Waals surface area (Å²) in [5.41, 5.74) is 8.50. The number of hydrogen-bond donors (Lipinski definition) is 1.